The molecule has 0 amide bonds. The van der Waals surface area contributed by atoms with Crippen LogP contribution in [-0.4, -0.2) is 25.2 Å². The van der Waals surface area contributed by atoms with Crippen LogP contribution >= 0.6 is 0 Å². The van der Waals surface area contributed by atoms with Gasteiger partial charge in [-0.3, -0.25) is 0 Å². The Labute approximate surface area is 155 Å². The van der Waals surface area contributed by atoms with E-state index in [1.807, 2.05) is 42.5 Å². The minimum Gasteiger partial charge on any atom is -0.539 e. The second kappa shape index (κ2) is 6.99. The van der Waals surface area contributed by atoms with Crippen molar-refractivity contribution >= 4 is 5.71 Å². The van der Waals surface area contributed by atoms with E-state index in [9.17, 15) is 5.11 Å². The fourth-order valence-corrected chi connectivity index (χ4v) is 3.07. The zero-order chi connectivity index (χ0) is 18.8. The van der Waals surface area contributed by atoms with Gasteiger partial charge in [0.2, 0.25) is 11.9 Å². The van der Waals surface area contributed by atoms with Crippen molar-refractivity contribution in [2.24, 2.45) is 5.10 Å². The number of hydrogen-bond donors (Lipinski definition) is 1. The average Bonchev–Trinajstić information content (AvgIpc) is 3.37. The Bertz CT molecular complexity index is 982. The molecule has 0 aliphatic carbocycles. The van der Waals surface area contributed by atoms with Crippen molar-refractivity contribution in [3.8, 4) is 23.1 Å². The van der Waals surface area contributed by atoms with E-state index in [2.05, 4.69) is 20.3 Å². The summed E-state index contributed by atoms with van der Waals surface area (Å²) in [5.41, 5.74) is 6.88. The summed E-state index contributed by atoms with van der Waals surface area (Å²) in [6.07, 6.45) is 2.01. The molecule has 0 saturated heterocycles. The number of ether oxygens (including phenoxy) is 2. The summed E-state index contributed by atoms with van der Waals surface area (Å²) >= 11 is 0. The zero-order valence-electron chi connectivity index (χ0n) is 14.9. The molecular weight excluding hydrogens is 348 g/mol. The number of rotatable bonds is 5. The number of nitrogens with zero attached hydrogens (tertiary/aromatic N) is 3. The molecule has 8 nitrogen and oxygen atoms in total. The van der Waals surface area contributed by atoms with Gasteiger partial charge in [0.1, 0.15) is 17.4 Å². The lowest BCUT2D eigenvalue weighted by Gasteiger charge is -2.15. The third kappa shape index (κ3) is 3.29. The molecule has 1 aliphatic heterocycles. The molecule has 2 aromatic carbocycles. The van der Waals surface area contributed by atoms with Crippen molar-refractivity contribution in [3.05, 3.63) is 59.8 Å². The Morgan fingerprint density at radius 2 is 1.96 bits per heavy atom. The van der Waals surface area contributed by atoms with E-state index in [0.717, 1.165) is 40.4 Å². The standard InChI is InChI=1S/C19H18N4O4/c1-25-14-7-8-15(18(9-14)26-2)17-10-16(20-21-17)12-3-5-13(6-4-12)23-11-19(24)27-22-23/h3-9,11,17H,10H2,1-2H3,(H-,21,22,24). The summed E-state index contributed by atoms with van der Waals surface area (Å²) in [5.74, 6) is 1.02. The second-order valence-electron chi connectivity index (χ2n) is 6.06. The monoisotopic (exact) mass is 366 g/mol. The van der Waals surface area contributed by atoms with E-state index in [4.69, 9.17) is 9.47 Å². The Morgan fingerprint density at radius 1 is 1.15 bits per heavy atom. The number of methoxy groups -OCH3 is 2. The molecule has 0 radical (unpaired) electrons. The van der Waals surface area contributed by atoms with Gasteiger partial charge in [0, 0.05) is 30.2 Å². The molecule has 1 aromatic heterocycles. The molecule has 0 saturated carbocycles. The Kier molecular flexibility index (Phi) is 4.37. The van der Waals surface area contributed by atoms with Gasteiger partial charge in [0.25, 0.3) is 0 Å². The van der Waals surface area contributed by atoms with Gasteiger partial charge in [-0.05, 0) is 34.5 Å². The number of benzene rings is 2. The predicted octanol–water partition coefficient (Wildman–Crippen LogP) is 1.48. The molecule has 1 N–H and O–H groups in total. The van der Waals surface area contributed by atoms with E-state index < -0.39 is 5.95 Å². The molecule has 4 rings (SSSR count). The van der Waals surface area contributed by atoms with E-state index in [1.165, 1.54) is 10.9 Å². The van der Waals surface area contributed by atoms with Crippen molar-refractivity contribution in [3.63, 3.8) is 0 Å². The smallest absolute Gasteiger partial charge is 0.239 e. The van der Waals surface area contributed by atoms with E-state index in [1.54, 1.807) is 14.2 Å². The van der Waals surface area contributed by atoms with Crippen LogP contribution in [0.15, 0.2) is 58.3 Å². The van der Waals surface area contributed by atoms with Crippen molar-refractivity contribution < 1.29 is 23.8 Å². The molecule has 1 aliphatic rings. The van der Waals surface area contributed by atoms with E-state index in [0.29, 0.717) is 0 Å². The molecule has 3 aromatic rings. The molecule has 138 valence electrons. The van der Waals surface area contributed by atoms with Crippen molar-refractivity contribution in [2.45, 2.75) is 12.5 Å². The van der Waals surface area contributed by atoms with Crippen LogP contribution in [0.4, 0.5) is 0 Å². The molecule has 2 heterocycles. The zero-order valence-corrected chi connectivity index (χ0v) is 14.9. The van der Waals surface area contributed by atoms with Crippen molar-refractivity contribution in [1.82, 2.24) is 10.7 Å². The number of hydrogen-bond acceptors (Lipinski definition) is 7. The minimum atomic E-state index is -0.486. The molecule has 0 bridgehead atoms. The third-order valence-corrected chi connectivity index (χ3v) is 4.48. The highest BCUT2D eigenvalue weighted by Gasteiger charge is 2.24. The Morgan fingerprint density at radius 3 is 2.63 bits per heavy atom. The lowest BCUT2D eigenvalue weighted by molar-refractivity contribution is -0.670. The van der Waals surface area contributed by atoms with Crippen LogP contribution in [0.25, 0.3) is 5.69 Å². The fourth-order valence-electron chi connectivity index (χ4n) is 3.07. The molecule has 8 heteroatoms. The maximum absolute atomic E-state index is 11.1. The summed E-state index contributed by atoms with van der Waals surface area (Å²) < 4.78 is 16.7. The van der Waals surface area contributed by atoms with Crippen molar-refractivity contribution in [2.75, 3.05) is 14.2 Å². The highest BCUT2D eigenvalue weighted by atomic mass is 16.6. The average molecular weight is 366 g/mol. The molecular formula is C19H18N4O4. The van der Waals surface area contributed by atoms with Crippen molar-refractivity contribution in [1.29, 1.82) is 0 Å². The summed E-state index contributed by atoms with van der Waals surface area (Å²) in [6.45, 7) is 0. The first-order chi connectivity index (χ1) is 13.2. The first-order valence-electron chi connectivity index (χ1n) is 8.38. The van der Waals surface area contributed by atoms with Gasteiger partial charge in [0.15, 0.2) is 0 Å². The van der Waals surface area contributed by atoms with Gasteiger partial charge >= 0.3 is 0 Å². The summed E-state index contributed by atoms with van der Waals surface area (Å²) in [7, 11) is 3.27. The SMILES string of the molecule is COc1ccc(C2CC(c3ccc(-[n+]4cc([O-])on4)cc3)=NN2)c(OC)c1. The maximum Gasteiger partial charge on any atom is 0.239 e. The summed E-state index contributed by atoms with van der Waals surface area (Å²) in [4.78, 5) is 0. The van der Waals surface area contributed by atoms with Crippen LogP contribution in [0.2, 0.25) is 0 Å². The highest BCUT2D eigenvalue weighted by Crippen LogP contribution is 2.33. The Balaban J connectivity index is 1.51. The second-order valence-corrected chi connectivity index (χ2v) is 6.06. The van der Waals surface area contributed by atoms with Crippen LogP contribution in [-0.2, 0) is 0 Å². The van der Waals surface area contributed by atoms with Gasteiger partial charge in [-0.15, -0.1) is 0 Å². The van der Waals surface area contributed by atoms with E-state index >= 15 is 0 Å². The van der Waals surface area contributed by atoms with Crippen LogP contribution in [0, 0.1) is 0 Å². The van der Waals surface area contributed by atoms with Gasteiger partial charge in [-0.1, -0.05) is 0 Å². The number of nitrogens with one attached hydrogen (secondary N) is 1. The Hall–Kier alpha value is -3.55. The number of aromatic nitrogens is 2. The summed E-state index contributed by atoms with van der Waals surface area (Å²) in [5, 5.41) is 19.2. The van der Waals surface area contributed by atoms with Crippen LogP contribution in [0.5, 0.6) is 17.4 Å². The first kappa shape index (κ1) is 16.9. The third-order valence-electron chi connectivity index (χ3n) is 4.48. The quantitative estimate of drug-likeness (QED) is 0.687. The van der Waals surface area contributed by atoms with Crippen LogP contribution in [0.3, 0.4) is 0 Å². The molecule has 1 unspecified atom stereocenters. The molecule has 0 fully saturated rings. The lowest BCUT2D eigenvalue weighted by atomic mass is 9.98. The van der Waals surface area contributed by atoms with Gasteiger partial charge in [-0.2, -0.15) is 5.10 Å². The number of hydrazone groups is 1. The lowest BCUT2D eigenvalue weighted by Crippen LogP contribution is -2.31. The topological polar surface area (TPSA) is 95.8 Å². The molecule has 0 spiro atoms. The van der Waals surface area contributed by atoms with Gasteiger partial charge in [-0.25, -0.2) is 0 Å². The normalized spacial score (nSPS) is 15.9. The van der Waals surface area contributed by atoms with Crippen LogP contribution in [0.1, 0.15) is 23.6 Å². The fraction of sp³-hybridized carbons (Fsp3) is 0.211. The van der Waals surface area contributed by atoms with Gasteiger partial charge in [0.05, 0.1) is 31.2 Å². The summed E-state index contributed by atoms with van der Waals surface area (Å²) in [6, 6.07) is 13.4. The van der Waals surface area contributed by atoms with Crippen LogP contribution < -0.4 is 24.7 Å². The predicted molar refractivity (Wildman–Crippen MR) is 94.1 cm³/mol. The minimum absolute atomic E-state index is 0.0217. The maximum atomic E-state index is 11.1. The largest absolute Gasteiger partial charge is 0.539 e. The first-order valence-corrected chi connectivity index (χ1v) is 8.38. The molecule has 1 atom stereocenters. The van der Waals surface area contributed by atoms with E-state index in [-0.39, 0.29) is 6.04 Å². The molecule has 27 heavy (non-hydrogen) atoms. The highest BCUT2D eigenvalue weighted by molar-refractivity contribution is 6.01. The van der Waals surface area contributed by atoms with Gasteiger partial charge < -0.3 is 24.5 Å².